The molecule has 2 fully saturated rings. The third-order valence-electron chi connectivity index (χ3n) is 9.17. The first-order chi connectivity index (χ1) is 16.6. The van der Waals surface area contributed by atoms with Crippen molar-refractivity contribution in [3.8, 4) is 5.75 Å². The smallest absolute Gasteiger partial charge is 0.120 e. The highest BCUT2D eigenvalue weighted by Crippen LogP contribution is 2.57. The Bertz CT molecular complexity index is 1230. The van der Waals surface area contributed by atoms with Crippen LogP contribution in [0.4, 0.5) is 0 Å². The van der Waals surface area contributed by atoms with Gasteiger partial charge in [0, 0.05) is 36.5 Å². The van der Waals surface area contributed by atoms with Crippen molar-refractivity contribution in [2.45, 2.75) is 69.1 Å². The van der Waals surface area contributed by atoms with Crippen LogP contribution in [-0.4, -0.2) is 44.9 Å². The van der Waals surface area contributed by atoms with Crippen molar-refractivity contribution in [2.24, 2.45) is 5.92 Å². The Morgan fingerprint density at radius 1 is 1.15 bits per heavy atom. The van der Waals surface area contributed by atoms with E-state index in [1.54, 1.807) is 0 Å². The lowest BCUT2D eigenvalue weighted by molar-refractivity contribution is -0.152. The first-order valence-electron chi connectivity index (χ1n) is 12.8. The van der Waals surface area contributed by atoms with Gasteiger partial charge in [0.2, 0.25) is 0 Å². The van der Waals surface area contributed by atoms with Gasteiger partial charge in [-0.05, 0) is 79.5 Å². The molecule has 3 aliphatic carbocycles. The Kier molecular flexibility index (Phi) is 4.53. The van der Waals surface area contributed by atoms with Crippen LogP contribution in [0.3, 0.4) is 0 Å². The van der Waals surface area contributed by atoms with Gasteiger partial charge in [-0.15, -0.1) is 0 Å². The first kappa shape index (κ1) is 20.7. The summed E-state index contributed by atoms with van der Waals surface area (Å²) < 4.78 is 6.25. The summed E-state index contributed by atoms with van der Waals surface area (Å²) in [7, 11) is 0. The van der Waals surface area contributed by atoms with Crippen LogP contribution in [0.2, 0.25) is 0 Å². The lowest BCUT2D eigenvalue weighted by Crippen LogP contribution is -2.74. The van der Waals surface area contributed by atoms with Crippen molar-refractivity contribution in [3.63, 3.8) is 0 Å². The number of fused-ring (bicyclic) bond motifs is 2. The summed E-state index contributed by atoms with van der Waals surface area (Å²) in [6.45, 7) is 4.83. The Morgan fingerprint density at radius 3 is 2.82 bits per heavy atom. The second-order valence-corrected chi connectivity index (χ2v) is 11.1. The largest absolute Gasteiger partial charge is 0.489 e. The number of aromatic nitrogens is 2. The molecule has 7 rings (SSSR count). The van der Waals surface area contributed by atoms with Crippen LogP contribution in [0, 0.1) is 12.8 Å². The predicted octanol–water partition coefficient (Wildman–Crippen LogP) is 4.11. The fraction of sp³-hybridized carbons (Fsp3) is 0.483. The highest BCUT2D eigenvalue weighted by molar-refractivity contribution is 5.52. The zero-order valence-electron chi connectivity index (χ0n) is 19.9. The molecule has 3 atom stereocenters. The van der Waals surface area contributed by atoms with Crippen molar-refractivity contribution >= 4 is 0 Å². The maximum Gasteiger partial charge on any atom is 0.120 e. The number of ether oxygens (including phenoxy) is 1. The first-order valence-corrected chi connectivity index (χ1v) is 12.8. The molecule has 1 unspecified atom stereocenters. The van der Waals surface area contributed by atoms with Gasteiger partial charge in [-0.2, -0.15) is 5.10 Å². The molecular weight excluding hydrogens is 422 g/mol. The van der Waals surface area contributed by atoms with E-state index in [2.05, 4.69) is 52.4 Å². The summed E-state index contributed by atoms with van der Waals surface area (Å²) in [6.07, 6.45) is 6.04. The normalized spacial score (nSPS) is 29.8. The maximum absolute atomic E-state index is 12.7. The molecular formula is C29H33N3O2. The fourth-order valence-corrected chi connectivity index (χ4v) is 7.12. The van der Waals surface area contributed by atoms with Gasteiger partial charge in [0.15, 0.2) is 0 Å². The van der Waals surface area contributed by atoms with E-state index in [0.717, 1.165) is 61.0 Å². The van der Waals surface area contributed by atoms with Crippen molar-refractivity contribution in [3.05, 3.63) is 82.2 Å². The number of piperidine rings is 1. The molecule has 5 heteroatoms. The second kappa shape index (κ2) is 7.43. The van der Waals surface area contributed by atoms with E-state index in [9.17, 15) is 5.11 Å². The lowest BCUT2D eigenvalue weighted by atomic mass is 9.49. The van der Waals surface area contributed by atoms with E-state index in [-0.39, 0.29) is 11.5 Å². The van der Waals surface area contributed by atoms with E-state index < -0.39 is 5.60 Å². The standard InChI is InChI=1S/C29H33N3O2/c1-19-24-15-29(33)27-13-22-9-10-23(34-18-21-5-3-2-4-6-21)14-25(22)28(29,16-26(24)31-30-19)11-12-32(27)17-20-7-8-20/h2-6,9-10,14,20,27,33H,7-8,11-13,15-18H2,1H3,(H,30,31)/t27?,28-,29-/m0/s1. The van der Waals surface area contributed by atoms with Crippen LogP contribution in [0.15, 0.2) is 48.5 Å². The van der Waals surface area contributed by atoms with Crippen LogP contribution in [0.5, 0.6) is 5.75 Å². The number of hydrogen-bond donors (Lipinski definition) is 2. The van der Waals surface area contributed by atoms with Crippen molar-refractivity contribution in [2.75, 3.05) is 13.1 Å². The molecule has 34 heavy (non-hydrogen) atoms. The van der Waals surface area contributed by atoms with E-state index in [0.29, 0.717) is 13.0 Å². The van der Waals surface area contributed by atoms with Crippen molar-refractivity contribution in [1.82, 2.24) is 15.1 Å². The van der Waals surface area contributed by atoms with Crippen LogP contribution >= 0.6 is 0 Å². The third-order valence-corrected chi connectivity index (χ3v) is 9.17. The zero-order chi connectivity index (χ0) is 22.9. The third kappa shape index (κ3) is 3.03. The average molecular weight is 456 g/mol. The van der Waals surface area contributed by atoms with Gasteiger partial charge in [0.25, 0.3) is 0 Å². The number of hydrogen-bond acceptors (Lipinski definition) is 4. The average Bonchev–Trinajstić information content (AvgIpc) is 3.61. The topological polar surface area (TPSA) is 61.4 Å². The molecule has 0 spiro atoms. The minimum absolute atomic E-state index is 0.160. The van der Waals surface area contributed by atoms with Crippen molar-refractivity contribution < 1.29 is 9.84 Å². The number of H-pyrrole nitrogens is 1. The lowest BCUT2D eigenvalue weighted by Gasteiger charge is -2.63. The summed E-state index contributed by atoms with van der Waals surface area (Å²) in [5.74, 6) is 1.71. The quantitative estimate of drug-likeness (QED) is 0.608. The monoisotopic (exact) mass is 455 g/mol. The van der Waals surface area contributed by atoms with E-state index in [1.165, 1.54) is 29.5 Å². The Balaban J connectivity index is 1.30. The Hall–Kier alpha value is -2.63. The van der Waals surface area contributed by atoms with Gasteiger partial charge in [-0.25, -0.2) is 0 Å². The summed E-state index contributed by atoms with van der Waals surface area (Å²) in [5, 5.41) is 20.6. The maximum atomic E-state index is 12.7. The van der Waals surface area contributed by atoms with Gasteiger partial charge in [-0.3, -0.25) is 10.00 Å². The molecule has 5 nitrogen and oxygen atoms in total. The van der Waals surface area contributed by atoms with E-state index >= 15 is 0 Å². The highest BCUT2D eigenvalue weighted by atomic mass is 16.5. The molecule has 1 aromatic heterocycles. The van der Waals surface area contributed by atoms with E-state index in [1.807, 2.05) is 18.2 Å². The van der Waals surface area contributed by atoms with Gasteiger partial charge >= 0.3 is 0 Å². The highest BCUT2D eigenvalue weighted by Gasteiger charge is 2.65. The number of likely N-dealkylation sites (tertiary alicyclic amines) is 1. The number of benzene rings is 2. The summed E-state index contributed by atoms with van der Waals surface area (Å²) >= 11 is 0. The molecule has 1 saturated carbocycles. The predicted molar refractivity (Wildman–Crippen MR) is 131 cm³/mol. The second-order valence-electron chi connectivity index (χ2n) is 11.1. The molecule has 2 aromatic carbocycles. The molecule has 0 amide bonds. The number of aliphatic hydroxyl groups is 1. The Morgan fingerprint density at radius 2 is 2.00 bits per heavy atom. The van der Waals surface area contributed by atoms with Gasteiger partial charge in [0.05, 0.1) is 11.3 Å². The number of aryl methyl sites for hydroxylation is 1. The van der Waals surface area contributed by atoms with Crippen molar-refractivity contribution in [1.29, 1.82) is 0 Å². The van der Waals surface area contributed by atoms with Gasteiger partial charge < -0.3 is 9.84 Å². The molecule has 2 heterocycles. The van der Waals surface area contributed by atoms with Crippen LogP contribution in [-0.2, 0) is 31.3 Å². The van der Waals surface area contributed by atoms with Crippen LogP contribution < -0.4 is 4.74 Å². The molecule has 0 radical (unpaired) electrons. The molecule has 2 bridgehead atoms. The molecule has 4 aliphatic rings. The van der Waals surface area contributed by atoms with Crippen LogP contribution in [0.1, 0.15) is 52.9 Å². The molecule has 1 aliphatic heterocycles. The molecule has 2 N–H and O–H groups in total. The van der Waals surface area contributed by atoms with Gasteiger partial charge in [-0.1, -0.05) is 36.4 Å². The molecule has 176 valence electrons. The fourth-order valence-electron chi connectivity index (χ4n) is 7.12. The SMILES string of the molecule is Cc1[nH]nc2c1C[C@]1(O)C3Cc4ccc(OCc5ccccc5)cc4[C@]1(CCN3CC1CC1)C2. The number of rotatable bonds is 5. The van der Waals surface area contributed by atoms with Gasteiger partial charge in [0.1, 0.15) is 12.4 Å². The van der Waals surface area contributed by atoms with Crippen LogP contribution in [0.25, 0.3) is 0 Å². The molecule has 3 aromatic rings. The minimum Gasteiger partial charge on any atom is -0.489 e. The van der Waals surface area contributed by atoms with E-state index in [4.69, 9.17) is 4.74 Å². The number of nitrogens with zero attached hydrogens (tertiary/aromatic N) is 2. The Labute approximate surface area is 201 Å². The summed E-state index contributed by atoms with van der Waals surface area (Å²) in [4.78, 5) is 2.62. The zero-order valence-corrected chi connectivity index (χ0v) is 19.9. The molecule has 1 saturated heterocycles. The minimum atomic E-state index is -0.785. The number of nitrogens with one attached hydrogen (secondary N) is 1. The number of aromatic amines is 1. The summed E-state index contributed by atoms with van der Waals surface area (Å²) in [5.41, 5.74) is 6.20. The summed E-state index contributed by atoms with van der Waals surface area (Å²) in [6, 6.07) is 17.1.